The standard InChI is InChI=1S/C14H17NO3/c1-17-14-6-9-3-5-18-13(9)8-11(14)12-7-10(16)2-4-15-12/h6,8,12,15H,2-5,7H2,1H3. The fraction of sp³-hybridized carbons (Fsp3) is 0.500. The van der Waals surface area contributed by atoms with Crippen molar-refractivity contribution in [2.45, 2.75) is 25.3 Å². The van der Waals surface area contributed by atoms with Crippen molar-refractivity contribution in [2.75, 3.05) is 20.3 Å². The zero-order valence-electron chi connectivity index (χ0n) is 10.5. The van der Waals surface area contributed by atoms with E-state index in [0.717, 1.165) is 36.6 Å². The van der Waals surface area contributed by atoms with Gasteiger partial charge in [-0.2, -0.15) is 0 Å². The topological polar surface area (TPSA) is 47.6 Å². The van der Waals surface area contributed by atoms with Gasteiger partial charge < -0.3 is 14.8 Å². The number of hydrogen-bond acceptors (Lipinski definition) is 4. The summed E-state index contributed by atoms with van der Waals surface area (Å²) >= 11 is 0. The SMILES string of the molecule is COc1cc2c(cc1C1CC(=O)CCN1)OCC2. The van der Waals surface area contributed by atoms with E-state index >= 15 is 0 Å². The van der Waals surface area contributed by atoms with Crippen molar-refractivity contribution in [3.8, 4) is 11.5 Å². The Hall–Kier alpha value is -1.55. The number of nitrogens with one attached hydrogen (secondary N) is 1. The molecule has 1 atom stereocenters. The van der Waals surface area contributed by atoms with Gasteiger partial charge in [0.25, 0.3) is 0 Å². The highest BCUT2D eigenvalue weighted by molar-refractivity contribution is 5.80. The highest BCUT2D eigenvalue weighted by Gasteiger charge is 2.25. The van der Waals surface area contributed by atoms with Crippen LogP contribution in [0, 0.1) is 0 Å². The van der Waals surface area contributed by atoms with E-state index in [1.54, 1.807) is 7.11 Å². The van der Waals surface area contributed by atoms with Gasteiger partial charge in [0.15, 0.2) is 0 Å². The summed E-state index contributed by atoms with van der Waals surface area (Å²) in [6.45, 7) is 1.48. The molecule has 18 heavy (non-hydrogen) atoms. The van der Waals surface area contributed by atoms with Gasteiger partial charge in [-0.15, -0.1) is 0 Å². The molecular weight excluding hydrogens is 230 g/mol. The summed E-state index contributed by atoms with van der Waals surface area (Å²) in [6, 6.07) is 4.12. The monoisotopic (exact) mass is 247 g/mol. The molecule has 4 nitrogen and oxygen atoms in total. The minimum atomic E-state index is 0.0516. The number of ether oxygens (including phenoxy) is 2. The first-order valence-electron chi connectivity index (χ1n) is 6.36. The van der Waals surface area contributed by atoms with Crippen LogP contribution in [-0.2, 0) is 11.2 Å². The summed E-state index contributed by atoms with van der Waals surface area (Å²) in [7, 11) is 1.67. The second-order valence-electron chi connectivity index (χ2n) is 4.80. The molecular formula is C14H17NO3. The molecule has 0 spiro atoms. The number of ketones is 1. The molecule has 3 rings (SSSR count). The maximum absolute atomic E-state index is 11.6. The molecule has 0 saturated carbocycles. The predicted octanol–water partition coefficient (Wildman–Crippen LogP) is 1.62. The van der Waals surface area contributed by atoms with Crippen LogP contribution in [0.3, 0.4) is 0 Å². The molecule has 2 aliphatic heterocycles. The highest BCUT2D eigenvalue weighted by Crippen LogP contribution is 2.37. The number of fused-ring (bicyclic) bond motifs is 1. The molecule has 96 valence electrons. The summed E-state index contributed by atoms with van der Waals surface area (Å²) in [4.78, 5) is 11.6. The maximum Gasteiger partial charge on any atom is 0.136 e. The van der Waals surface area contributed by atoms with Crippen LogP contribution in [0.15, 0.2) is 12.1 Å². The molecule has 1 saturated heterocycles. The lowest BCUT2D eigenvalue weighted by Gasteiger charge is -2.25. The normalized spacial score (nSPS) is 22.5. The molecule has 0 aromatic heterocycles. The average molecular weight is 247 g/mol. The number of carbonyl (C=O) groups excluding carboxylic acids is 1. The summed E-state index contributed by atoms with van der Waals surface area (Å²) in [5.74, 6) is 2.10. The number of carbonyl (C=O) groups is 1. The van der Waals surface area contributed by atoms with Crippen molar-refractivity contribution in [3.05, 3.63) is 23.3 Å². The third kappa shape index (κ3) is 1.97. The van der Waals surface area contributed by atoms with Crippen LogP contribution < -0.4 is 14.8 Å². The maximum atomic E-state index is 11.6. The summed E-state index contributed by atoms with van der Waals surface area (Å²) < 4.78 is 11.0. The Labute approximate surface area is 106 Å². The van der Waals surface area contributed by atoms with E-state index in [4.69, 9.17) is 9.47 Å². The molecule has 1 aromatic rings. The molecule has 1 fully saturated rings. The third-order valence-corrected chi connectivity index (χ3v) is 3.64. The number of piperidine rings is 1. The second kappa shape index (κ2) is 4.61. The van der Waals surface area contributed by atoms with Crippen LogP contribution >= 0.6 is 0 Å². The predicted molar refractivity (Wildman–Crippen MR) is 67.2 cm³/mol. The van der Waals surface area contributed by atoms with Crippen LogP contribution in [0.1, 0.15) is 30.0 Å². The first-order chi connectivity index (χ1) is 8.78. The summed E-state index contributed by atoms with van der Waals surface area (Å²) in [5.41, 5.74) is 2.23. The van der Waals surface area contributed by atoms with Crippen LogP contribution in [0.2, 0.25) is 0 Å². The van der Waals surface area contributed by atoms with Gasteiger partial charge in [-0.3, -0.25) is 4.79 Å². The molecule has 0 aliphatic carbocycles. The minimum absolute atomic E-state index is 0.0516. The van der Waals surface area contributed by atoms with Crippen molar-refractivity contribution in [2.24, 2.45) is 0 Å². The summed E-state index contributed by atoms with van der Waals surface area (Å²) in [6.07, 6.45) is 2.10. The number of Topliss-reactive ketones (excluding diaryl/α,β-unsaturated/α-hetero) is 1. The Bertz CT molecular complexity index is 484. The van der Waals surface area contributed by atoms with Crippen molar-refractivity contribution >= 4 is 5.78 Å². The molecule has 4 heteroatoms. The Morgan fingerprint density at radius 3 is 3.06 bits per heavy atom. The highest BCUT2D eigenvalue weighted by atomic mass is 16.5. The van der Waals surface area contributed by atoms with Crippen molar-refractivity contribution in [3.63, 3.8) is 0 Å². The lowest BCUT2D eigenvalue weighted by atomic mass is 9.94. The Kier molecular flexibility index (Phi) is 2.96. The Morgan fingerprint density at radius 1 is 1.39 bits per heavy atom. The lowest BCUT2D eigenvalue weighted by molar-refractivity contribution is -0.120. The fourth-order valence-corrected chi connectivity index (χ4v) is 2.68. The van der Waals surface area contributed by atoms with Crippen molar-refractivity contribution < 1.29 is 14.3 Å². The molecule has 1 unspecified atom stereocenters. The van der Waals surface area contributed by atoms with E-state index in [1.165, 1.54) is 5.56 Å². The second-order valence-corrected chi connectivity index (χ2v) is 4.80. The molecule has 0 radical (unpaired) electrons. The van der Waals surface area contributed by atoms with Gasteiger partial charge in [0, 0.05) is 43.0 Å². The van der Waals surface area contributed by atoms with Gasteiger partial charge in [-0.05, 0) is 12.1 Å². The van der Waals surface area contributed by atoms with Gasteiger partial charge in [0.2, 0.25) is 0 Å². The van der Waals surface area contributed by atoms with Gasteiger partial charge in [0.1, 0.15) is 17.3 Å². The quantitative estimate of drug-likeness (QED) is 0.862. The third-order valence-electron chi connectivity index (χ3n) is 3.64. The molecule has 2 heterocycles. The lowest BCUT2D eigenvalue weighted by Crippen LogP contribution is -2.32. The van der Waals surface area contributed by atoms with E-state index in [-0.39, 0.29) is 6.04 Å². The summed E-state index contributed by atoms with van der Waals surface area (Å²) in [5, 5.41) is 3.38. The van der Waals surface area contributed by atoms with Crippen LogP contribution in [0.4, 0.5) is 0 Å². The average Bonchev–Trinajstić information content (AvgIpc) is 2.84. The number of benzene rings is 1. The Morgan fingerprint density at radius 2 is 2.28 bits per heavy atom. The Balaban J connectivity index is 1.97. The van der Waals surface area contributed by atoms with E-state index < -0.39 is 0 Å². The first-order valence-corrected chi connectivity index (χ1v) is 6.36. The van der Waals surface area contributed by atoms with Crippen LogP contribution in [0.5, 0.6) is 11.5 Å². The zero-order valence-corrected chi connectivity index (χ0v) is 10.5. The fourth-order valence-electron chi connectivity index (χ4n) is 2.68. The van der Waals surface area contributed by atoms with Crippen molar-refractivity contribution in [1.82, 2.24) is 5.32 Å². The van der Waals surface area contributed by atoms with Gasteiger partial charge in [-0.25, -0.2) is 0 Å². The van der Waals surface area contributed by atoms with Crippen LogP contribution in [0.25, 0.3) is 0 Å². The number of rotatable bonds is 2. The number of hydrogen-bond donors (Lipinski definition) is 1. The zero-order chi connectivity index (χ0) is 12.5. The van der Waals surface area contributed by atoms with E-state index in [2.05, 4.69) is 5.32 Å². The van der Waals surface area contributed by atoms with E-state index in [1.807, 2.05) is 12.1 Å². The molecule has 1 N–H and O–H groups in total. The first kappa shape index (κ1) is 11.5. The molecule has 0 bridgehead atoms. The molecule has 1 aromatic carbocycles. The number of methoxy groups -OCH3 is 1. The van der Waals surface area contributed by atoms with Crippen LogP contribution in [-0.4, -0.2) is 26.0 Å². The smallest absolute Gasteiger partial charge is 0.136 e. The minimum Gasteiger partial charge on any atom is -0.496 e. The van der Waals surface area contributed by atoms with E-state index in [0.29, 0.717) is 18.6 Å². The largest absolute Gasteiger partial charge is 0.496 e. The van der Waals surface area contributed by atoms with Gasteiger partial charge in [0.05, 0.1) is 13.7 Å². The van der Waals surface area contributed by atoms with Crippen molar-refractivity contribution in [1.29, 1.82) is 0 Å². The molecule has 2 aliphatic rings. The van der Waals surface area contributed by atoms with E-state index in [9.17, 15) is 4.79 Å². The molecule has 0 amide bonds. The van der Waals surface area contributed by atoms with Gasteiger partial charge in [-0.1, -0.05) is 0 Å². The van der Waals surface area contributed by atoms with Gasteiger partial charge >= 0.3 is 0 Å².